The molecule has 0 amide bonds. The fraction of sp³-hybridized carbons (Fsp3) is 0.462. The summed E-state index contributed by atoms with van der Waals surface area (Å²) >= 11 is 7.61. The van der Waals surface area contributed by atoms with Gasteiger partial charge in [-0.1, -0.05) is 32.4 Å². The number of ether oxygens (including phenoxy) is 1. The third-order valence-corrected chi connectivity index (χ3v) is 3.68. The SMILES string of the molecule is COc1ccc(C(=O)CSC(C)(C)C)cc1Cl. The predicted molar refractivity (Wildman–Crippen MR) is 74.5 cm³/mol. The van der Waals surface area contributed by atoms with Gasteiger partial charge in [-0.25, -0.2) is 0 Å². The van der Waals surface area contributed by atoms with Crippen molar-refractivity contribution in [2.24, 2.45) is 0 Å². The van der Waals surface area contributed by atoms with Crippen LogP contribution in [-0.2, 0) is 0 Å². The third-order valence-electron chi connectivity index (χ3n) is 2.11. The summed E-state index contributed by atoms with van der Waals surface area (Å²) in [6.07, 6.45) is 0. The number of thioether (sulfide) groups is 1. The fourth-order valence-corrected chi connectivity index (χ4v) is 2.19. The first-order chi connectivity index (χ1) is 7.83. The molecule has 0 atom stereocenters. The van der Waals surface area contributed by atoms with Crippen molar-refractivity contribution in [3.63, 3.8) is 0 Å². The molecule has 0 fully saturated rings. The molecule has 0 N–H and O–H groups in total. The minimum absolute atomic E-state index is 0.0892. The van der Waals surface area contributed by atoms with Crippen molar-refractivity contribution in [2.45, 2.75) is 25.5 Å². The monoisotopic (exact) mass is 272 g/mol. The van der Waals surface area contributed by atoms with E-state index in [4.69, 9.17) is 16.3 Å². The van der Waals surface area contributed by atoms with E-state index in [1.54, 1.807) is 37.1 Å². The molecule has 0 aromatic heterocycles. The van der Waals surface area contributed by atoms with Gasteiger partial charge in [0.2, 0.25) is 0 Å². The van der Waals surface area contributed by atoms with Crippen LogP contribution >= 0.6 is 23.4 Å². The molecule has 2 nitrogen and oxygen atoms in total. The molecule has 0 aliphatic carbocycles. The second-order valence-corrected chi connectivity index (χ2v) is 6.88. The summed E-state index contributed by atoms with van der Waals surface area (Å²) in [5, 5.41) is 0.471. The van der Waals surface area contributed by atoms with E-state index in [9.17, 15) is 4.79 Å². The van der Waals surface area contributed by atoms with Crippen LogP contribution in [0.3, 0.4) is 0 Å². The van der Waals surface area contributed by atoms with E-state index in [0.717, 1.165) is 0 Å². The number of carbonyl (C=O) groups is 1. The number of methoxy groups -OCH3 is 1. The van der Waals surface area contributed by atoms with Crippen molar-refractivity contribution in [2.75, 3.05) is 12.9 Å². The minimum Gasteiger partial charge on any atom is -0.495 e. The average molecular weight is 273 g/mol. The Balaban J connectivity index is 2.73. The van der Waals surface area contributed by atoms with Crippen molar-refractivity contribution < 1.29 is 9.53 Å². The van der Waals surface area contributed by atoms with Gasteiger partial charge in [0.05, 0.1) is 17.9 Å². The average Bonchev–Trinajstić information content (AvgIpc) is 2.24. The normalized spacial score (nSPS) is 11.4. The summed E-state index contributed by atoms with van der Waals surface area (Å²) in [4.78, 5) is 11.9. The first kappa shape index (κ1) is 14.4. The lowest BCUT2D eigenvalue weighted by molar-refractivity contribution is 0.102. The number of rotatable bonds is 4. The number of halogens is 1. The molecule has 0 heterocycles. The van der Waals surface area contributed by atoms with Crippen LogP contribution in [0.1, 0.15) is 31.1 Å². The summed E-state index contributed by atoms with van der Waals surface area (Å²) < 4.78 is 5.13. The highest BCUT2D eigenvalue weighted by atomic mass is 35.5. The molecule has 0 aliphatic rings. The summed E-state index contributed by atoms with van der Waals surface area (Å²) in [5.41, 5.74) is 0.632. The largest absolute Gasteiger partial charge is 0.495 e. The summed E-state index contributed by atoms with van der Waals surface area (Å²) in [7, 11) is 1.55. The van der Waals surface area contributed by atoms with E-state index in [-0.39, 0.29) is 10.5 Å². The van der Waals surface area contributed by atoms with E-state index >= 15 is 0 Å². The Morgan fingerprint density at radius 2 is 2.06 bits per heavy atom. The van der Waals surface area contributed by atoms with E-state index in [2.05, 4.69) is 20.8 Å². The third kappa shape index (κ3) is 4.60. The molecule has 0 unspecified atom stereocenters. The van der Waals surface area contributed by atoms with Crippen LogP contribution in [0.15, 0.2) is 18.2 Å². The van der Waals surface area contributed by atoms with E-state index in [1.165, 1.54) is 0 Å². The Kier molecular flexibility index (Phi) is 4.90. The Morgan fingerprint density at radius 1 is 1.41 bits per heavy atom. The zero-order valence-electron chi connectivity index (χ0n) is 10.5. The standard InChI is InChI=1S/C13H17ClO2S/c1-13(2,3)17-8-11(15)9-5-6-12(16-4)10(14)7-9/h5-7H,8H2,1-4H3. The second-order valence-electron chi connectivity index (χ2n) is 4.67. The van der Waals surface area contributed by atoms with Gasteiger partial charge in [-0.3, -0.25) is 4.79 Å². The maximum absolute atomic E-state index is 11.9. The highest BCUT2D eigenvalue weighted by Crippen LogP contribution is 2.27. The molecule has 0 aliphatic heterocycles. The molecule has 17 heavy (non-hydrogen) atoms. The van der Waals surface area contributed by atoms with Gasteiger partial charge in [0.15, 0.2) is 5.78 Å². The summed E-state index contributed by atoms with van der Waals surface area (Å²) in [6.45, 7) is 6.27. The van der Waals surface area contributed by atoms with Crippen molar-refractivity contribution >= 4 is 29.1 Å². The highest BCUT2D eigenvalue weighted by Gasteiger charge is 2.15. The zero-order chi connectivity index (χ0) is 13.1. The van der Waals surface area contributed by atoms with E-state index in [1.807, 2.05) is 0 Å². The maximum Gasteiger partial charge on any atom is 0.172 e. The molecular weight excluding hydrogens is 256 g/mol. The van der Waals surface area contributed by atoms with Gasteiger partial charge < -0.3 is 4.74 Å². The zero-order valence-corrected chi connectivity index (χ0v) is 12.1. The lowest BCUT2D eigenvalue weighted by atomic mass is 10.1. The lowest BCUT2D eigenvalue weighted by Gasteiger charge is -2.16. The minimum atomic E-state index is 0.0892. The van der Waals surface area contributed by atoms with Crippen LogP contribution < -0.4 is 4.74 Å². The van der Waals surface area contributed by atoms with E-state index < -0.39 is 0 Å². The molecule has 0 spiro atoms. The summed E-state index contributed by atoms with van der Waals surface area (Å²) in [6, 6.07) is 5.12. The van der Waals surface area contributed by atoms with Crippen LogP contribution in [0, 0.1) is 0 Å². The van der Waals surface area contributed by atoms with Gasteiger partial charge in [-0.2, -0.15) is 0 Å². The first-order valence-corrected chi connectivity index (χ1v) is 6.70. The molecule has 4 heteroatoms. The number of carbonyl (C=O) groups excluding carboxylic acids is 1. The molecule has 0 bridgehead atoms. The van der Waals surface area contributed by atoms with Crippen molar-refractivity contribution in [3.05, 3.63) is 28.8 Å². The van der Waals surface area contributed by atoms with Crippen LogP contribution in [0.5, 0.6) is 5.75 Å². The Labute approximate surface area is 112 Å². The van der Waals surface area contributed by atoms with Crippen LogP contribution in [0.2, 0.25) is 5.02 Å². The Hall–Kier alpha value is -0.670. The predicted octanol–water partition coefficient (Wildman–Crippen LogP) is 4.06. The van der Waals surface area contributed by atoms with Gasteiger partial charge in [-0.05, 0) is 18.2 Å². The molecule has 94 valence electrons. The molecule has 1 rings (SSSR count). The van der Waals surface area contributed by atoms with Gasteiger partial charge in [0.1, 0.15) is 5.75 Å². The fourth-order valence-electron chi connectivity index (χ4n) is 1.21. The van der Waals surface area contributed by atoms with Gasteiger partial charge in [0.25, 0.3) is 0 Å². The quantitative estimate of drug-likeness (QED) is 0.773. The number of Topliss-reactive ketones (excluding diaryl/α,β-unsaturated/α-hetero) is 1. The van der Waals surface area contributed by atoms with Crippen molar-refractivity contribution in [1.29, 1.82) is 0 Å². The first-order valence-electron chi connectivity index (χ1n) is 5.34. The number of benzene rings is 1. The van der Waals surface area contributed by atoms with Gasteiger partial charge >= 0.3 is 0 Å². The highest BCUT2D eigenvalue weighted by molar-refractivity contribution is 8.01. The molecule has 1 aromatic carbocycles. The molecule has 0 saturated heterocycles. The van der Waals surface area contributed by atoms with Crippen LogP contribution in [0.4, 0.5) is 0 Å². The maximum atomic E-state index is 11.9. The van der Waals surface area contributed by atoms with Crippen molar-refractivity contribution in [3.8, 4) is 5.75 Å². The topological polar surface area (TPSA) is 26.3 Å². The van der Waals surface area contributed by atoms with Crippen molar-refractivity contribution in [1.82, 2.24) is 0 Å². The Bertz CT molecular complexity index is 410. The Morgan fingerprint density at radius 3 is 2.53 bits per heavy atom. The van der Waals surface area contributed by atoms with E-state index in [0.29, 0.717) is 22.1 Å². The van der Waals surface area contributed by atoms with Gasteiger partial charge in [-0.15, -0.1) is 11.8 Å². The van der Waals surface area contributed by atoms with Crippen LogP contribution in [0.25, 0.3) is 0 Å². The molecule has 1 aromatic rings. The molecule has 0 radical (unpaired) electrons. The lowest BCUT2D eigenvalue weighted by Crippen LogP contribution is -2.13. The number of hydrogen-bond donors (Lipinski definition) is 0. The molecule has 0 saturated carbocycles. The second kappa shape index (κ2) is 5.78. The van der Waals surface area contributed by atoms with Gasteiger partial charge in [0, 0.05) is 10.3 Å². The molecular formula is C13H17ClO2S. The number of hydrogen-bond acceptors (Lipinski definition) is 3. The van der Waals surface area contributed by atoms with Crippen LogP contribution in [-0.4, -0.2) is 23.4 Å². The smallest absolute Gasteiger partial charge is 0.172 e. The number of ketones is 1. The summed E-state index contributed by atoms with van der Waals surface area (Å²) in [5.74, 6) is 1.15.